The van der Waals surface area contributed by atoms with E-state index in [-0.39, 0.29) is 18.3 Å². The van der Waals surface area contributed by atoms with Crippen LogP contribution in [0.3, 0.4) is 0 Å². The predicted molar refractivity (Wildman–Crippen MR) is 75.6 cm³/mol. The zero-order valence-electron chi connectivity index (χ0n) is 12.0. The van der Waals surface area contributed by atoms with E-state index in [9.17, 15) is 9.59 Å². The third-order valence-electron chi connectivity index (χ3n) is 2.75. The van der Waals surface area contributed by atoms with E-state index in [0.29, 0.717) is 26.0 Å². The second-order valence-electron chi connectivity index (χ2n) is 4.25. The highest BCUT2D eigenvalue weighted by Crippen LogP contribution is 2.13. The average molecular weight is 279 g/mol. The van der Waals surface area contributed by atoms with E-state index < -0.39 is 0 Å². The van der Waals surface area contributed by atoms with Crippen LogP contribution in [0.5, 0.6) is 5.75 Å². The van der Waals surface area contributed by atoms with Gasteiger partial charge in [-0.05, 0) is 31.0 Å². The van der Waals surface area contributed by atoms with E-state index in [1.54, 1.807) is 0 Å². The standard InChI is InChI=1S/C15H21NO4/c1-3-20-13-7-4-12(5-8-13)6-9-14(17)16-11-10-15(18)19-2/h4-5,7-8H,3,6,9-11H2,1-2H3,(H,16,17). The molecule has 110 valence electrons. The lowest BCUT2D eigenvalue weighted by Gasteiger charge is -2.06. The van der Waals surface area contributed by atoms with Gasteiger partial charge in [-0.15, -0.1) is 0 Å². The Hall–Kier alpha value is -2.04. The third-order valence-corrected chi connectivity index (χ3v) is 2.75. The quantitative estimate of drug-likeness (QED) is 0.736. The summed E-state index contributed by atoms with van der Waals surface area (Å²) in [6.45, 7) is 2.89. The minimum Gasteiger partial charge on any atom is -0.494 e. The minimum absolute atomic E-state index is 0.0669. The van der Waals surface area contributed by atoms with Gasteiger partial charge in [0.15, 0.2) is 0 Å². The molecule has 1 amide bonds. The molecule has 5 heteroatoms. The van der Waals surface area contributed by atoms with Gasteiger partial charge in [-0.3, -0.25) is 9.59 Å². The molecular formula is C15H21NO4. The van der Waals surface area contributed by atoms with Crippen LogP contribution < -0.4 is 10.1 Å². The zero-order valence-corrected chi connectivity index (χ0v) is 12.0. The van der Waals surface area contributed by atoms with Crippen LogP contribution in [0.25, 0.3) is 0 Å². The van der Waals surface area contributed by atoms with Crippen molar-refractivity contribution in [2.75, 3.05) is 20.3 Å². The fourth-order valence-electron chi connectivity index (χ4n) is 1.67. The van der Waals surface area contributed by atoms with Gasteiger partial charge in [0.25, 0.3) is 0 Å². The number of hydrogen-bond acceptors (Lipinski definition) is 4. The topological polar surface area (TPSA) is 64.6 Å². The fourth-order valence-corrected chi connectivity index (χ4v) is 1.67. The Morgan fingerprint density at radius 1 is 1.15 bits per heavy atom. The van der Waals surface area contributed by atoms with E-state index in [4.69, 9.17) is 4.74 Å². The molecule has 0 fully saturated rings. The summed E-state index contributed by atoms with van der Waals surface area (Å²) in [6.07, 6.45) is 1.26. The van der Waals surface area contributed by atoms with Gasteiger partial charge in [-0.25, -0.2) is 0 Å². The second kappa shape index (κ2) is 8.96. The Labute approximate surface area is 119 Å². The van der Waals surface area contributed by atoms with E-state index in [1.165, 1.54) is 7.11 Å². The first-order valence-corrected chi connectivity index (χ1v) is 6.71. The van der Waals surface area contributed by atoms with Crippen LogP contribution in [0.4, 0.5) is 0 Å². The number of benzene rings is 1. The highest BCUT2D eigenvalue weighted by molar-refractivity contribution is 5.77. The Balaban J connectivity index is 2.24. The summed E-state index contributed by atoms with van der Waals surface area (Å²) >= 11 is 0. The van der Waals surface area contributed by atoms with Gasteiger partial charge in [0.2, 0.25) is 5.91 Å². The smallest absolute Gasteiger partial charge is 0.307 e. The maximum Gasteiger partial charge on any atom is 0.307 e. The molecule has 0 unspecified atom stereocenters. The minimum atomic E-state index is -0.322. The summed E-state index contributed by atoms with van der Waals surface area (Å²) in [4.78, 5) is 22.4. The Morgan fingerprint density at radius 3 is 2.45 bits per heavy atom. The molecule has 0 saturated heterocycles. The molecule has 0 radical (unpaired) electrons. The van der Waals surface area contributed by atoms with Gasteiger partial charge in [-0.1, -0.05) is 12.1 Å². The fraction of sp³-hybridized carbons (Fsp3) is 0.467. The molecule has 0 aliphatic rings. The van der Waals surface area contributed by atoms with Crippen LogP contribution in [0, 0.1) is 0 Å². The van der Waals surface area contributed by atoms with Crippen molar-refractivity contribution in [2.45, 2.75) is 26.2 Å². The van der Waals surface area contributed by atoms with E-state index >= 15 is 0 Å². The van der Waals surface area contributed by atoms with E-state index in [0.717, 1.165) is 11.3 Å². The van der Waals surface area contributed by atoms with Gasteiger partial charge in [0.05, 0.1) is 20.1 Å². The molecule has 1 aromatic carbocycles. The van der Waals surface area contributed by atoms with Crippen LogP contribution in [0.15, 0.2) is 24.3 Å². The van der Waals surface area contributed by atoms with Gasteiger partial charge in [-0.2, -0.15) is 0 Å². The van der Waals surface area contributed by atoms with Crippen molar-refractivity contribution in [2.24, 2.45) is 0 Å². The number of nitrogens with one attached hydrogen (secondary N) is 1. The molecule has 0 aliphatic carbocycles. The number of carbonyl (C=O) groups is 2. The average Bonchev–Trinajstić information content (AvgIpc) is 2.46. The molecule has 1 aromatic rings. The van der Waals surface area contributed by atoms with Crippen molar-refractivity contribution < 1.29 is 19.1 Å². The first kappa shape index (κ1) is 16.0. The number of esters is 1. The molecule has 0 bridgehead atoms. The molecule has 0 heterocycles. The monoisotopic (exact) mass is 279 g/mol. The number of methoxy groups -OCH3 is 1. The maximum atomic E-state index is 11.6. The van der Waals surface area contributed by atoms with Gasteiger partial charge < -0.3 is 14.8 Å². The molecular weight excluding hydrogens is 258 g/mol. The number of rotatable bonds is 8. The van der Waals surface area contributed by atoms with Crippen molar-refractivity contribution in [3.8, 4) is 5.75 Å². The normalized spacial score (nSPS) is 9.90. The molecule has 0 saturated carbocycles. The lowest BCUT2D eigenvalue weighted by Crippen LogP contribution is -2.26. The van der Waals surface area contributed by atoms with Crippen molar-refractivity contribution >= 4 is 11.9 Å². The maximum absolute atomic E-state index is 11.6. The number of amides is 1. The molecule has 1 N–H and O–H groups in total. The zero-order chi connectivity index (χ0) is 14.8. The van der Waals surface area contributed by atoms with Crippen LogP contribution in [0.1, 0.15) is 25.3 Å². The number of carbonyl (C=O) groups excluding carboxylic acids is 2. The summed E-state index contributed by atoms with van der Waals surface area (Å²) in [5.74, 6) is 0.443. The molecule has 1 rings (SSSR count). The van der Waals surface area contributed by atoms with E-state index in [2.05, 4.69) is 10.1 Å². The Kier molecular flexibility index (Phi) is 7.17. The Morgan fingerprint density at radius 2 is 1.85 bits per heavy atom. The lowest BCUT2D eigenvalue weighted by molar-refractivity contribution is -0.140. The number of hydrogen-bond donors (Lipinski definition) is 1. The lowest BCUT2D eigenvalue weighted by atomic mass is 10.1. The number of ether oxygens (including phenoxy) is 2. The Bertz CT molecular complexity index is 428. The molecule has 0 aromatic heterocycles. The second-order valence-corrected chi connectivity index (χ2v) is 4.25. The summed E-state index contributed by atoms with van der Waals surface area (Å²) in [5, 5.41) is 2.69. The molecule has 0 aliphatic heterocycles. The van der Waals surface area contributed by atoms with Gasteiger partial charge >= 0.3 is 5.97 Å². The molecule has 5 nitrogen and oxygen atoms in total. The van der Waals surface area contributed by atoms with Crippen LogP contribution in [-0.2, 0) is 20.7 Å². The van der Waals surface area contributed by atoms with Crippen LogP contribution in [0.2, 0.25) is 0 Å². The summed E-state index contributed by atoms with van der Waals surface area (Å²) in [7, 11) is 1.33. The molecule has 0 spiro atoms. The highest BCUT2D eigenvalue weighted by Gasteiger charge is 2.04. The summed E-state index contributed by atoms with van der Waals surface area (Å²) in [6, 6.07) is 7.70. The van der Waals surface area contributed by atoms with Crippen molar-refractivity contribution in [1.29, 1.82) is 0 Å². The molecule has 0 atom stereocenters. The van der Waals surface area contributed by atoms with Crippen molar-refractivity contribution in [3.63, 3.8) is 0 Å². The third kappa shape index (κ3) is 6.22. The largest absolute Gasteiger partial charge is 0.494 e. The van der Waals surface area contributed by atoms with Crippen LogP contribution in [-0.4, -0.2) is 32.1 Å². The number of aryl methyl sites for hydroxylation is 1. The van der Waals surface area contributed by atoms with Crippen molar-refractivity contribution in [1.82, 2.24) is 5.32 Å². The highest BCUT2D eigenvalue weighted by atomic mass is 16.5. The summed E-state index contributed by atoms with van der Waals surface area (Å²) < 4.78 is 9.84. The summed E-state index contributed by atoms with van der Waals surface area (Å²) in [5.41, 5.74) is 1.08. The molecule has 20 heavy (non-hydrogen) atoms. The predicted octanol–water partition coefficient (Wildman–Crippen LogP) is 1.70. The first-order valence-electron chi connectivity index (χ1n) is 6.71. The van der Waals surface area contributed by atoms with Crippen molar-refractivity contribution in [3.05, 3.63) is 29.8 Å². The van der Waals surface area contributed by atoms with Gasteiger partial charge in [0, 0.05) is 13.0 Å². The van der Waals surface area contributed by atoms with E-state index in [1.807, 2.05) is 31.2 Å². The van der Waals surface area contributed by atoms with Gasteiger partial charge in [0.1, 0.15) is 5.75 Å². The first-order chi connectivity index (χ1) is 9.65. The van der Waals surface area contributed by atoms with Crippen LogP contribution >= 0.6 is 0 Å². The SMILES string of the molecule is CCOc1ccc(CCC(=O)NCCC(=O)OC)cc1.